The average molecular weight is 470 g/mol. The highest BCUT2D eigenvalue weighted by atomic mass is 16.6. The number of amides is 2. The van der Waals surface area contributed by atoms with E-state index in [4.69, 9.17) is 4.74 Å². The third-order valence-corrected chi connectivity index (χ3v) is 7.99. The summed E-state index contributed by atoms with van der Waals surface area (Å²) in [6.07, 6.45) is 7.04. The molecular weight excluding hydrogens is 426 g/mol. The minimum atomic E-state index is -0.457. The minimum absolute atomic E-state index is 0.147. The lowest BCUT2D eigenvalue weighted by atomic mass is 9.81. The van der Waals surface area contributed by atoms with Crippen LogP contribution in [0.15, 0.2) is 30.3 Å². The predicted molar refractivity (Wildman–Crippen MR) is 134 cm³/mol. The number of benzene rings is 1. The third kappa shape index (κ3) is 5.94. The fraction of sp³-hybridized carbons (Fsp3) is 0.714. The number of carbonyl (C=O) groups is 2. The number of ether oxygens (including phenoxy) is 1. The largest absolute Gasteiger partial charge is 0.444 e. The highest BCUT2D eigenvalue weighted by molar-refractivity contribution is 5.81. The summed E-state index contributed by atoms with van der Waals surface area (Å²) < 4.78 is 5.60. The first-order chi connectivity index (χ1) is 16.2. The standard InChI is InChI=1S/C28H43N3O3/c1-5-28(15-19-29(20-16-28)26(33)34-27(2,3)4)30-17-13-24(14-18-30)31(25(32)23-11-12-23)21-22-9-7-6-8-10-22/h6-10,23-24H,5,11-21H2,1-4H3. The van der Waals surface area contributed by atoms with Gasteiger partial charge in [-0.05, 0) is 71.3 Å². The van der Waals surface area contributed by atoms with Crippen molar-refractivity contribution in [2.24, 2.45) is 5.92 Å². The molecule has 0 atom stereocenters. The van der Waals surface area contributed by atoms with Crippen LogP contribution in [0.3, 0.4) is 0 Å². The third-order valence-electron chi connectivity index (χ3n) is 7.99. The van der Waals surface area contributed by atoms with Crippen LogP contribution < -0.4 is 0 Å². The lowest BCUT2D eigenvalue weighted by Crippen LogP contribution is -2.59. The number of nitrogens with zero attached hydrogens (tertiary/aromatic N) is 3. The Bertz CT molecular complexity index is 830. The molecule has 34 heavy (non-hydrogen) atoms. The molecule has 2 amide bonds. The molecule has 0 N–H and O–H groups in total. The van der Waals surface area contributed by atoms with Gasteiger partial charge in [0.25, 0.3) is 0 Å². The minimum Gasteiger partial charge on any atom is -0.444 e. The highest BCUT2D eigenvalue weighted by Crippen LogP contribution is 2.37. The normalized spacial score (nSPS) is 21.8. The Morgan fingerprint density at radius 1 is 1.00 bits per heavy atom. The SMILES string of the molecule is CCC1(N2CCC(N(Cc3ccccc3)C(=O)C3CC3)CC2)CCN(C(=O)OC(C)(C)C)CC1. The Balaban J connectivity index is 1.35. The lowest BCUT2D eigenvalue weighted by molar-refractivity contribution is -0.137. The fourth-order valence-corrected chi connectivity index (χ4v) is 5.71. The van der Waals surface area contributed by atoms with Crippen LogP contribution >= 0.6 is 0 Å². The van der Waals surface area contributed by atoms with Crippen LogP contribution in [0.2, 0.25) is 0 Å². The van der Waals surface area contributed by atoms with Gasteiger partial charge in [0.15, 0.2) is 0 Å². The van der Waals surface area contributed by atoms with Crippen molar-refractivity contribution in [1.82, 2.24) is 14.7 Å². The summed E-state index contributed by atoms with van der Waals surface area (Å²) in [5.74, 6) is 0.610. The van der Waals surface area contributed by atoms with Crippen LogP contribution in [0.1, 0.15) is 78.2 Å². The number of carbonyl (C=O) groups excluding carboxylic acids is 2. The van der Waals surface area contributed by atoms with Gasteiger partial charge in [0, 0.05) is 50.2 Å². The molecule has 0 unspecified atom stereocenters. The second-order valence-corrected chi connectivity index (χ2v) is 11.5. The van der Waals surface area contributed by atoms with Crippen LogP contribution in [0.25, 0.3) is 0 Å². The summed E-state index contributed by atoms with van der Waals surface area (Å²) in [7, 11) is 0. The summed E-state index contributed by atoms with van der Waals surface area (Å²) in [5, 5.41) is 0. The first kappa shape index (κ1) is 25.0. The molecule has 188 valence electrons. The Kier molecular flexibility index (Phi) is 7.56. The monoisotopic (exact) mass is 469 g/mol. The first-order valence-corrected chi connectivity index (χ1v) is 13.3. The molecule has 1 aromatic rings. The molecule has 0 radical (unpaired) electrons. The van der Waals surface area contributed by atoms with Crippen molar-refractivity contribution in [2.45, 2.75) is 96.4 Å². The molecule has 0 aromatic heterocycles. The number of hydrogen-bond donors (Lipinski definition) is 0. The summed E-state index contributed by atoms with van der Waals surface area (Å²) in [5.41, 5.74) is 0.911. The number of rotatable bonds is 6. The molecule has 3 aliphatic rings. The molecule has 1 aromatic carbocycles. The van der Waals surface area contributed by atoms with E-state index in [1.807, 2.05) is 31.7 Å². The van der Waals surface area contributed by atoms with Gasteiger partial charge in [0.2, 0.25) is 5.91 Å². The van der Waals surface area contributed by atoms with Crippen molar-refractivity contribution in [3.05, 3.63) is 35.9 Å². The van der Waals surface area contributed by atoms with Crippen LogP contribution in [0, 0.1) is 5.92 Å². The topological polar surface area (TPSA) is 53.1 Å². The summed E-state index contributed by atoms with van der Waals surface area (Å²) in [6, 6.07) is 10.7. The van der Waals surface area contributed by atoms with Gasteiger partial charge in [-0.25, -0.2) is 4.79 Å². The zero-order chi connectivity index (χ0) is 24.3. The van der Waals surface area contributed by atoms with Gasteiger partial charge >= 0.3 is 6.09 Å². The lowest BCUT2D eigenvalue weighted by Gasteiger charge is -2.51. The summed E-state index contributed by atoms with van der Waals surface area (Å²) in [4.78, 5) is 32.4. The average Bonchev–Trinajstić information content (AvgIpc) is 3.68. The molecule has 0 bridgehead atoms. The van der Waals surface area contributed by atoms with Crippen molar-refractivity contribution in [1.29, 1.82) is 0 Å². The zero-order valence-electron chi connectivity index (χ0n) is 21.6. The van der Waals surface area contributed by atoms with Gasteiger partial charge in [0.1, 0.15) is 5.60 Å². The molecule has 1 saturated carbocycles. The number of hydrogen-bond acceptors (Lipinski definition) is 4. The van der Waals surface area contributed by atoms with Crippen molar-refractivity contribution in [3.8, 4) is 0 Å². The van der Waals surface area contributed by atoms with Crippen LogP contribution in [-0.2, 0) is 16.1 Å². The van der Waals surface area contributed by atoms with E-state index in [0.717, 1.165) is 77.7 Å². The van der Waals surface area contributed by atoms with E-state index in [2.05, 4.69) is 41.0 Å². The summed E-state index contributed by atoms with van der Waals surface area (Å²) >= 11 is 0. The van der Waals surface area contributed by atoms with Crippen molar-refractivity contribution >= 4 is 12.0 Å². The van der Waals surface area contributed by atoms with Gasteiger partial charge < -0.3 is 14.5 Å². The maximum Gasteiger partial charge on any atom is 0.410 e. The van der Waals surface area contributed by atoms with E-state index in [-0.39, 0.29) is 17.6 Å². The van der Waals surface area contributed by atoms with Gasteiger partial charge in [-0.15, -0.1) is 0 Å². The Hall–Kier alpha value is -2.08. The van der Waals surface area contributed by atoms with E-state index >= 15 is 0 Å². The fourth-order valence-electron chi connectivity index (χ4n) is 5.71. The molecule has 2 aliphatic heterocycles. The molecule has 6 nitrogen and oxygen atoms in total. The molecule has 4 rings (SSSR count). The van der Waals surface area contributed by atoms with Crippen molar-refractivity contribution in [3.63, 3.8) is 0 Å². The smallest absolute Gasteiger partial charge is 0.410 e. The van der Waals surface area contributed by atoms with Crippen molar-refractivity contribution < 1.29 is 14.3 Å². The Morgan fingerprint density at radius 2 is 1.62 bits per heavy atom. The van der Waals surface area contributed by atoms with E-state index in [9.17, 15) is 9.59 Å². The molecular formula is C28H43N3O3. The molecule has 2 heterocycles. The van der Waals surface area contributed by atoms with Gasteiger partial charge in [-0.3, -0.25) is 9.69 Å². The molecule has 6 heteroatoms. The number of piperidine rings is 2. The van der Waals surface area contributed by atoms with E-state index in [1.54, 1.807) is 0 Å². The number of likely N-dealkylation sites (tertiary alicyclic amines) is 2. The first-order valence-electron chi connectivity index (χ1n) is 13.3. The second kappa shape index (κ2) is 10.3. The summed E-state index contributed by atoms with van der Waals surface area (Å²) in [6.45, 7) is 12.3. The highest BCUT2D eigenvalue weighted by Gasteiger charge is 2.43. The van der Waals surface area contributed by atoms with Gasteiger partial charge in [-0.2, -0.15) is 0 Å². The Morgan fingerprint density at radius 3 is 2.15 bits per heavy atom. The Labute approximate surface area is 205 Å². The van der Waals surface area contributed by atoms with Crippen LogP contribution in [0.4, 0.5) is 4.79 Å². The molecule has 3 fully saturated rings. The van der Waals surface area contributed by atoms with Crippen LogP contribution in [0.5, 0.6) is 0 Å². The maximum atomic E-state index is 13.2. The maximum absolute atomic E-state index is 13.2. The van der Waals surface area contributed by atoms with E-state index in [1.165, 1.54) is 5.56 Å². The van der Waals surface area contributed by atoms with E-state index in [0.29, 0.717) is 11.9 Å². The quantitative estimate of drug-likeness (QED) is 0.584. The molecule has 0 spiro atoms. The van der Waals surface area contributed by atoms with E-state index < -0.39 is 5.60 Å². The van der Waals surface area contributed by atoms with Crippen molar-refractivity contribution in [2.75, 3.05) is 26.2 Å². The van der Waals surface area contributed by atoms with Crippen LogP contribution in [-0.4, -0.2) is 70.1 Å². The van der Waals surface area contributed by atoms with Gasteiger partial charge in [0.05, 0.1) is 0 Å². The molecule has 2 saturated heterocycles. The van der Waals surface area contributed by atoms with Gasteiger partial charge in [-0.1, -0.05) is 37.3 Å². The second-order valence-electron chi connectivity index (χ2n) is 11.5. The zero-order valence-corrected chi connectivity index (χ0v) is 21.6. The molecule has 1 aliphatic carbocycles. The predicted octanol–water partition coefficient (Wildman–Crippen LogP) is 5.07.